The van der Waals surface area contributed by atoms with E-state index in [9.17, 15) is 4.79 Å². The van der Waals surface area contributed by atoms with E-state index in [1.165, 1.54) is 0 Å². The first-order chi connectivity index (χ1) is 9.67. The maximum Gasteiger partial charge on any atom is 0.270 e. The normalized spacial score (nSPS) is 12.2. The summed E-state index contributed by atoms with van der Waals surface area (Å²) in [6.45, 7) is 1.82. The first-order valence-electron chi connectivity index (χ1n) is 6.38. The Labute approximate surface area is 125 Å². The molecule has 1 unspecified atom stereocenters. The first kappa shape index (κ1) is 14.7. The molecule has 20 heavy (non-hydrogen) atoms. The highest BCUT2D eigenvalue weighted by atomic mass is 79.9. The molecule has 2 rings (SSSR count). The number of H-pyrrole nitrogens is 1. The van der Waals surface area contributed by atoms with Gasteiger partial charge >= 0.3 is 0 Å². The average molecular weight is 338 g/mol. The van der Waals surface area contributed by atoms with Gasteiger partial charge in [0.25, 0.3) is 5.91 Å². The van der Waals surface area contributed by atoms with E-state index in [1.807, 2.05) is 37.3 Å². The molecule has 0 spiro atoms. The van der Waals surface area contributed by atoms with Crippen LogP contribution in [-0.4, -0.2) is 33.9 Å². The summed E-state index contributed by atoms with van der Waals surface area (Å²) in [5.41, 5.74) is 1.97. The minimum absolute atomic E-state index is 0.0838. The number of carbonyl (C=O) groups is 1. The van der Waals surface area contributed by atoms with Gasteiger partial charge in [0.15, 0.2) is 0 Å². The fourth-order valence-corrected chi connectivity index (χ4v) is 2.39. The van der Waals surface area contributed by atoms with Crippen molar-refractivity contribution in [3.8, 4) is 11.3 Å². The van der Waals surface area contributed by atoms with Crippen LogP contribution in [0.5, 0.6) is 0 Å². The molecular weight excluding hydrogens is 322 g/mol. The molecule has 2 aromatic rings. The third kappa shape index (κ3) is 3.08. The quantitative estimate of drug-likeness (QED) is 0.783. The summed E-state index contributed by atoms with van der Waals surface area (Å²) in [4.78, 5) is 12.1. The molecule has 0 saturated carbocycles. The highest BCUT2D eigenvalue weighted by molar-refractivity contribution is 9.10. The number of hydrogen-bond acceptors (Lipinski definition) is 3. The van der Waals surface area contributed by atoms with Gasteiger partial charge in [0, 0.05) is 5.56 Å². The largest absolute Gasteiger partial charge is 0.394 e. The van der Waals surface area contributed by atoms with Gasteiger partial charge in [-0.15, -0.1) is 0 Å². The molecular formula is C14H16BrN3O2. The van der Waals surface area contributed by atoms with Gasteiger partial charge in [-0.3, -0.25) is 9.89 Å². The van der Waals surface area contributed by atoms with Gasteiger partial charge in [-0.25, -0.2) is 0 Å². The Morgan fingerprint density at radius 3 is 2.75 bits per heavy atom. The Morgan fingerprint density at radius 1 is 1.45 bits per heavy atom. The van der Waals surface area contributed by atoms with Crippen LogP contribution in [0.1, 0.15) is 23.8 Å². The number of halogens is 1. The molecule has 106 valence electrons. The number of aliphatic hydroxyl groups is 1. The van der Waals surface area contributed by atoms with Crippen molar-refractivity contribution in [3.63, 3.8) is 0 Å². The fraction of sp³-hybridized carbons (Fsp3) is 0.286. The maximum absolute atomic E-state index is 12.1. The van der Waals surface area contributed by atoms with Crippen molar-refractivity contribution < 1.29 is 9.90 Å². The van der Waals surface area contributed by atoms with Crippen LogP contribution in [0.2, 0.25) is 0 Å². The summed E-state index contributed by atoms with van der Waals surface area (Å²) in [5.74, 6) is -0.285. The van der Waals surface area contributed by atoms with E-state index < -0.39 is 0 Å². The van der Waals surface area contributed by atoms with E-state index in [4.69, 9.17) is 5.11 Å². The van der Waals surface area contributed by atoms with Gasteiger partial charge in [0.05, 0.1) is 17.1 Å². The number of hydrogen-bond donors (Lipinski definition) is 3. The van der Waals surface area contributed by atoms with E-state index in [0.29, 0.717) is 22.3 Å². The lowest BCUT2D eigenvalue weighted by Gasteiger charge is -2.13. The zero-order chi connectivity index (χ0) is 14.5. The SMILES string of the molecule is CCC(CO)NC(=O)c1[nH]nc(-c2ccccc2)c1Br. The predicted octanol–water partition coefficient (Wildman–Crippen LogP) is 2.34. The molecule has 6 heteroatoms. The monoisotopic (exact) mass is 337 g/mol. The van der Waals surface area contributed by atoms with Crippen molar-refractivity contribution in [2.45, 2.75) is 19.4 Å². The molecule has 0 aliphatic carbocycles. The fourth-order valence-electron chi connectivity index (χ4n) is 1.80. The molecule has 1 aromatic carbocycles. The van der Waals surface area contributed by atoms with Crippen molar-refractivity contribution in [3.05, 3.63) is 40.5 Å². The van der Waals surface area contributed by atoms with Crippen molar-refractivity contribution in [1.82, 2.24) is 15.5 Å². The highest BCUT2D eigenvalue weighted by Gasteiger charge is 2.19. The maximum atomic E-state index is 12.1. The summed E-state index contributed by atoms with van der Waals surface area (Å²) in [7, 11) is 0. The number of nitrogens with zero attached hydrogens (tertiary/aromatic N) is 1. The molecule has 0 fully saturated rings. The number of benzene rings is 1. The van der Waals surface area contributed by atoms with Gasteiger partial charge in [0.1, 0.15) is 11.4 Å². The third-order valence-electron chi connectivity index (χ3n) is 3.03. The third-order valence-corrected chi connectivity index (χ3v) is 3.80. The molecule has 3 N–H and O–H groups in total. The van der Waals surface area contributed by atoms with Crippen LogP contribution in [0.3, 0.4) is 0 Å². The molecule has 0 bridgehead atoms. The molecule has 5 nitrogen and oxygen atoms in total. The summed E-state index contributed by atoms with van der Waals surface area (Å²) in [6.07, 6.45) is 0.666. The lowest BCUT2D eigenvalue weighted by atomic mass is 10.1. The second-order valence-electron chi connectivity index (χ2n) is 4.39. The molecule has 1 amide bonds. The number of aromatic nitrogens is 2. The summed E-state index contributed by atoms with van der Waals surface area (Å²) < 4.78 is 0.619. The van der Waals surface area contributed by atoms with Crippen LogP contribution in [0.25, 0.3) is 11.3 Å². The van der Waals surface area contributed by atoms with Crippen LogP contribution in [0, 0.1) is 0 Å². The first-order valence-corrected chi connectivity index (χ1v) is 7.17. The van der Waals surface area contributed by atoms with Crippen LogP contribution in [0.15, 0.2) is 34.8 Å². The highest BCUT2D eigenvalue weighted by Crippen LogP contribution is 2.28. The van der Waals surface area contributed by atoms with Gasteiger partial charge in [-0.05, 0) is 22.4 Å². The number of amides is 1. The van der Waals surface area contributed by atoms with E-state index in [2.05, 4.69) is 31.4 Å². The van der Waals surface area contributed by atoms with Crippen molar-refractivity contribution in [2.75, 3.05) is 6.61 Å². The minimum atomic E-state index is -0.285. The van der Waals surface area contributed by atoms with Gasteiger partial charge in [-0.1, -0.05) is 37.3 Å². The topological polar surface area (TPSA) is 78.0 Å². The summed E-state index contributed by atoms with van der Waals surface area (Å²) >= 11 is 3.41. The standard InChI is InChI=1S/C14H16BrN3O2/c1-2-10(8-19)16-14(20)13-11(15)12(17-18-13)9-6-4-3-5-7-9/h3-7,10,19H,2,8H2,1H3,(H,16,20)(H,17,18). The van der Waals surface area contributed by atoms with E-state index >= 15 is 0 Å². The van der Waals surface area contributed by atoms with Gasteiger partial charge < -0.3 is 10.4 Å². The molecule has 1 atom stereocenters. The van der Waals surface area contributed by atoms with Crippen LogP contribution in [0.4, 0.5) is 0 Å². The number of rotatable bonds is 5. The molecule has 0 radical (unpaired) electrons. The second-order valence-corrected chi connectivity index (χ2v) is 5.18. The Balaban J connectivity index is 2.23. The van der Waals surface area contributed by atoms with Crippen molar-refractivity contribution >= 4 is 21.8 Å². The van der Waals surface area contributed by atoms with E-state index in [0.717, 1.165) is 5.56 Å². The molecule has 0 aliphatic heterocycles. The number of aliphatic hydroxyl groups excluding tert-OH is 1. The zero-order valence-electron chi connectivity index (χ0n) is 11.1. The average Bonchev–Trinajstić information content (AvgIpc) is 2.87. The Hall–Kier alpha value is -1.66. The van der Waals surface area contributed by atoms with Crippen LogP contribution in [-0.2, 0) is 0 Å². The number of aromatic amines is 1. The Bertz CT molecular complexity index is 579. The van der Waals surface area contributed by atoms with Gasteiger partial charge in [-0.2, -0.15) is 5.10 Å². The minimum Gasteiger partial charge on any atom is -0.394 e. The smallest absolute Gasteiger partial charge is 0.270 e. The van der Waals surface area contributed by atoms with E-state index in [1.54, 1.807) is 0 Å². The molecule has 1 heterocycles. The number of carbonyl (C=O) groups excluding carboxylic acids is 1. The number of nitrogens with one attached hydrogen (secondary N) is 2. The van der Waals surface area contributed by atoms with Crippen molar-refractivity contribution in [2.24, 2.45) is 0 Å². The summed E-state index contributed by atoms with van der Waals surface area (Å²) in [5, 5.41) is 18.8. The van der Waals surface area contributed by atoms with Gasteiger partial charge in [0.2, 0.25) is 0 Å². The Kier molecular flexibility index (Phi) is 4.92. The summed E-state index contributed by atoms with van der Waals surface area (Å²) in [6, 6.07) is 9.34. The second kappa shape index (κ2) is 6.67. The lowest BCUT2D eigenvalue weighted by Crippen LogP contribution is -2.37. The van der Waals surface area contributed by atoms with Crippen LogP contribution < -0.4 is 5.32 Å². The lowest BCUT2D eigenvalue weighted by molar-refractivity contribution is 0.0909. The molecule has 1 aromatic heterocycles. The predicted molar refractivity (Wildman–Crippen MR) is 80.4 cm³/mol. The zero-order valence-corrected chi connectivity index (χ0v) is 12.6. The van der Waals surface area contributed by atoms with E-state index in [-0.39, 0.29) is 18.6 Å². The molecule has 0 saturated heterocycles. The molecule has 0 aliphatic rings. The van der Waals surface area contributed by atoms with Crippen molar-refractivity contribution in [1.29, 1.82) is 0 Å². The van der Waals surface area contributed by atoms with Crippen LogP contribution >= 0.6 is 15.9 Å². The Morgan fingerprint density at radius 2 is 2.15 bits per heavy atom.